The summed E-state index contributed by atoms with van der Waals surface area (Å²) in [5.41, 5.74) is 3.59. The number of hydrogen-bond acceptors (Lipinski definition) is 4. The van der Waals surface area contributed by atoms with Crippen LogP contribution in [0.4, 0.5) is 17.1 Å². The van der Waals surface area contributed by atoms with Gasteiger partial charge in [0.2, 0.25) is 0 Å². The Hall–Kier alpha value is -3.45. The fraction of sp³-hybridized carbons (Fsp3) is 0.0952. The van der Waals surface area contributed by atoms with E-state index in [-0.39, 0.29) is 0 Å². The Morgan fingerprint density at radius 2 is 1.00 bits per heavy atom. The predicted octanol–water partition coefficient (Wildman–Crippen LogP) is 5.05. The highest BCUT2D eigenvalue weighted by Crippen LogP contribution is 2.36. The van der Waals surface area contributed by atoms with Gasteiger partial charge in [0.1, 0.15) is 11.5 Å². The molecule has 0 saturated carbocycles. The van der Waals surface area contributed by atoms with E-state index < -0.39 is 0 Å². The molecule has 0 aliphatic carbocycles. The normalized spacial score (nSPS) is 9.96. The molecule has 25 heavy (non-hydrogen) atoms. The zero-order valence-electron chi connectivity index (χ0n) is 14.1. The summed E-state index contributed by atoms with van der Waals surface area (Å²) in [5.74, 6) is 1.61. The van der Waals surface area contributed by atoms with Crippen LogP contribution in [-0.2, 0) is 0 Å². The van der Waals surface area contributed by atoms with E-state index in [1.165, 1.54) is 0 Å². The third kappa shape index (κ3) is 3.56. The molecule has 3 rings (SSSR count). The highest BCUT2D eigenvalue weighted by molar-refractivity contribution is 5.77. The zero-order chi connectivity index (χ0) is 17.6. The first-order chi connectivity index (χ1) is 12.2. The van der Waals surface area contributed by atoms with E-state index in [1.54, 1.807) is 14.2 Å². The van der Waals surface area contributed by atoms with Crippen molar-refractivity contribution in [1.29, 1.82) is 5.26 Å². The highest BCUT2D eigenvalue weighted by atomic mass is 16.5. The van der Waals surface area contributed by atoms with E-state index in [1.807, 2.05) is 72.8 Å². The average molecular weight is 330 g/mol. The molecule has 0 aliphatic rings. The summed E-state index contributed by atoms with van der Waals surface area (Å²) in [6.45, 7) is 0. The number of anilines is 3. The van der Waals surface area contributed by atoms with Crippen molar-refractivity contribution < 1.29 is 9.47 Å². The number of hydrogen-bond donors (Lipinski definition) is 0. The third-order valence-corrected chi connectivity index (χ3v) is 3.92. The lowest BCUT2D eigenvalue weighted by atomic mass is 10.1. The van der Waals surface area contributed by atoms with Gasteiger partial charge in [0, 0.05) is 17.1 Å². The molecule has 0 aromatic heterocycles. The molecular weight excluding hydrogens is 312 g/mol. The van der Waals surface area contributed by atoms with Gasteiger partial charge in [-0.25, -0.2) is 0 Å². The molecule has 0 amide bonds. The van der Waals surface area contributed by atoms with Crippen molar-refractivity contribution in [3.05, 3.63) is 78.4 Å². The lowest BCUT2D eigenvalue weighted by Gasteiger charge is -2.25. The Morgan fingerprint density at radius 3 is 1.32 bits per heavy atom. The van der Waals surface area contributed by atoms with Crippen LogP contribution in [0.1, 0.15) is 5.56 Å². The SMILES string of the molecule is COc1ccc(N(c2ccc(C#N)cc2)c2ccc(OC)cc2)cc1. The van der Waals surface area contributed by atoms with Crippen LogP contribution in [0.3, 0.4) is 0 Å². The van der Waals surface area contributed by atoms with Crippen LogP contribution in [0.15, 0.2) is 72.8 Å². The third-order valence-electron chi connectivity index (χ3n) is 3.92. The molecule has 124 valence electrons. The molecule has 3 aromatic carbocycles. The second kappa shape index (κ2) is 7.41. The molecule has 0 aliphatic heterocycles. The molecule has 0 bridgehead atoms. The molecule has 3 aromatic rings. The van der Waals surface area contributed by atoms with E-state index >= 15 is 0 Å². The fourth-order valence-electron chi connectivity index (χ4n) is 2.59. The van der Waals surface area contributed by atoms with Gasteiger partial charge in [-0.05, 0) is 72.8 Å². The van der Waals surface area contributed by atoms with Gasteiger partial charge in [-0.3, -0.25) is 0 Å². The van der Waals surface area contributed by atoms with E-state index in [0.29, 0.717) is 5.56 Å². The molecule has 0 N–H and O–H groups in total. The standard InChI is InChI=1S/C21H18N2O2/c1-24-20-11-7-18(8-12-20)23(17-5-3-16(15-22)4-6-17)19-9-13-21(25-2)14-10-19/h3-14H,1-2H3. The lowest BCUT2D eigenvalue weighted by Crippen LogP contribution is -2.09. The van der Waals surface area contributed by atoms with Gasteiger partial charge >= 0.3 is 0 Å². The molecule has 0 fully saturated rings. The minimum absolute atomic E-state index is 0.633. The van der Waals surface area contributed by atoms with Crippen molar-refractivity contribution in [1.82, 2.24) is 0 Å². The van der Waals surface area contributed by atoms with Crippen molar-refractivity contribution in [2.24, 2.45) is 0 Å². The molecular formula is C21H18N2O2. The van der Waals surface area contributed by atoms with Crippen molar-refractivity contribution >= 4 is 17.1 Å². The second-order valence-electron chi connectivity index (χ2n) is 5.39. The molecule has 0 atom stereocenters. The van der Waals surface area contributed by atoms with Gasteiger partial charge in [-0.1, -0.05) is 0 Å². The van der Waals surface area contributed by atoms with Crippen molar-refractivity contribution in [2.75, 3.05) is 19.1 Å². The van der Waals surface area contributed by atoms with Crippen LogP contribution in [0.5, 0.6) is 11.5 Å². The monoisotopic (exact) mass is 330 g/mol. The maximum atomic E-state index is 9.03. The minimum atomic E-state index is 0.633. The fourth-order valence-corrected chi connectivity index (χ4v) is 2.59. The summed E-state index contributed by atoms with van der Waals surface area (Å²) in [6.07, 6.45) is 0. The number of methoxy groups -OCH3 is 2. The smallest absolute Gasteiger partial charge is 0.119 e. The van der Waals surface area contributed by atoms with Gasteiger partial charge < -0.3 is 14.4 Å². The van der Waals surface area contributed by atoms with E-state index in [4.69, 9.17) is 14.7 Å². The first-order valence-electron chi connectivity index (χ1n) is 7.83. The maximum Gasteiger partial charge on any atom is 0.119 e. The van der Waals surface area contributed by atoms with Gasteiger partial charge in [0.25, 0.3) is 0 Å². The summed E-state index contributed by atoms with van der Waals surface area (Å²) in [6, 6.07) is 25.4. The lowest BCUT2D eigenvalue weighted by molar-refractivity contribution is 0.415. The summed E-state index contributed by atoms with van der Waals surface area (Å²) in [7, 11) is 3.30. The number of nitrogens with zero attached hydrogens (tertiary/aromatic N) is 2. The van der Waals surface area contributed by atoms with Crippen LogP contribution >= 0.6 is 0 Å². The zero-order valence-corrected chi connectivity index (χ0v) is 14.1. The summed E-state index contributed by atoms with van der Waals surface area (Å²) in [5, 5.41) is 9.03. The number of ether oxygens (including phenoxy) is 2. The van der Waals surface area contributed by atoms with E-state index in [9.17, 15) is 0 Å². The predicted molar refractivity (Wildman–Crippen MR) is 98.9 cm³/mol. The Balaban J connectivity index is 2.06. The topological polar surface area (TPSA) is 45.5 Å². The molecule has 0 saturated heterocycles. The minimum Gasteiger partial charge on any atom is -0.497 e. The molecule has 0 radical (unpaired) electrons. The average Bonchev–Trinajstić information content (AvgIpc) is 2.70. The van der Waals surface area contributed by atoms with Gasteiger partial charge in [0.15, 0.2) is 0 Å². The number of benzene rings is 3. The van der Waals surface area contributed by atoms with Crippen LogP contribution < -0.4 is 14.4 Å². The van der Waals surface area contributed by atoms with Crippen LogP contribution in [0, 0.1) is 11.3 Å². The first kappa shape index (κ1) is 16.4. The van der Waals surface area contributed by atoms with Gasteiger partial charge in [-0.2, -0.15) is 5.26 Å². The van der Waals surface area contributed by atoms with Crippen molar-refractivity contribution in [2.45, 2.75) is 0 Å². The summed E-state index contributed by atoms with van der Waals surface area (Å²) in [4.78, 5) is 2.11. The molecule has 0 unspecified atom stereocenters. The maximum absolute atomic E-state index is 9.03. The summed E-state index contributed by atoms with van der Waals surface area (Å²) < 4.78 is 10.5. The van der Waals surface area contributed by atoms with Crippen LogP contribution in [-0.4, -0.2) is 14.2 Å². The second-order valence-corrected chi connectivity index (χ2v) is 5.39. The van der Waals surface area contributed by atoms with E-state index in [0.717, 1.165) is 28.6 Å². The Labute approximate surface area is 147 Å². The van der Waals surface area contributed by atoms with Gasteiger partial charge in [0.05, 0.1) is 25.9 Å². The largest absolute Gasteiger partial charge is 0.497 e. The molecule has 0 spiro atoms. The molecule has 0 heterocycles. The number of nitriles is 1. The molecule has 4 heteroatoms. The quantitative estimate of drug-likeness (QED) is 0.657. The van der Waals surface area contributed by atoms with Crippen LogP contribution in [0.25, 0.3) is 0 Å². The van der Waals surface area contributed by atoms with Crippen molar-refractivity contribution in [3.63, 3.8) is 0 Å². The Kier molecular flexibility index (Phi) is 4.87. The Morgan fingerprint density at radius 1 is 0.640 bits per heavy atom. The van der Waals surface area contributed by atoms with Crippen LogP contribution in [0.2, 0.25) is 0 Å². The van der Waals surface area contributed by atoms with Gasteiger partial charge in [-0.15, -0.1) is 0 Å². The first-order valence-corrected chi connectivity index (χ1v) is 7.83. The Bertz CT molecular complexity index is 816. The van der Waals surface area contributed by atoms with E-state index in [2.05, 4.69) is 11.0 Å². The summed E-state index contributed by atoms with van der Waals surface area (Å²) >= 11 is 0. The molecule has 4 nitrogen and oxygen atoms in total. The highest BCUT2D eigenvalue weighted by Gasteiger charge is 2.12. The number of rotatable bonds is 5. The van der Waals surface area contributed by atoms with Crippen molar-refractivity contribution in [3.8, 4) is 17.6 Å².